The summed E-state index contributed by atoms with van der Waals surface area (Å²) in [5.41, 5.74) is -0.858. The summed E-state index contributed by atoms with van der Waals surface area (Å²) in [6, 6.07) is 36.6. The minimum atomic E-state index is -1.94. The van der Waals surface area contributed by atoms with Gasteiger partial charge in [0.05, 0.1) is 6.04 Å². The minimum absolute atomic E-state index is 0.285. The van der Waals surface area contributed by atoms with E-state index in [4.69, 9.17) is 0 Å². The largest absolute Gasteiger partial charge is 0.343 e. The van der Waals surface area contributed by atoms with Gasteiger partial charge < -0.3 is 4.90 Å². The fourth-order valence-corrected chi connectivity index (χ4v) is 8.53. The molecule has 2 atom stereocenters. The van der Waals surface area contributed by atoms with Crippen LogP contribution in [0.25, 0.3) is 0 Å². The number of rotatable bonds is 3. The number of anilines is 1. The van der Waals surface area contributed by atoms with Gasteiger partial charge in [0.1, 0.15) is 5.41 Å². The van der Waals surface area contributed by atoms with Crippen molar-refractivity contribution in [2.45, 2.75) is 17.5 Å². The molecule has 7 heteroatoms. The molecule has 1 aliphatic heterocycles. The number of nitrogens with zero attached hydrogens (tertiary/aromatic N) is 1. The first-order valence-electron chi connectivity index (χ1n) is 14.6. The zero-order chi connectivity index (χ0) is 31.1. The van der Waals surface area contributed by atoms with Crippen molar-refractivity contribution in [1.82, 2.24) is 0 Å². The van der Waals surface area contributed by atoms with Gasteiger partial charge in [0.25, 0.3) is 0 Å². The molecule has 1 fully saturated rings. The highest BCUT2D eigenvalue weighted by atomic mass is 79.9. The Morgan fingerprint density at radius 1 is 0.467 bits per heavy atom. The van der Waals surface area contributed by atoms with Gasteiger partial charge in [0, 0.05) is 42.8 Å². The van der Waals surface area contributed by atoms with E-state index < -0.39 is 46.0 Å². The molecule has 0 amide bonds. The zero-order valence-corrected chi connectivity index (χ0v) is 26.8. The standard InChI is InChI=1S/C38H23Br2NO4/c39-24-18-14-22(15-19-24)31-37(33(42)27-10-4-5-11-28(27)34(37)43)32(23-16-20-25(40)21-17-23)41(26-8-2-1-3-9-26)38(31)35(44)29-12-6-7-13-30(29)36(38)45/h1-21,31-32H/t31-,32-/m1/s1. The molecule has 8 rings (SSSR count). The maximum Gasteiger partial charge on any atom is 0.197 e. The number of benzene rings is 5. The fraction of sp³-hybridized carbons (Fsp3) is 0.105. The Hall–Kier alpha value is -4.46. The lowest BCUT2D eigenvalue weighted by Gasteiger charge is -2.40. The van der Waals surface area contributed by atoms with Gasteiger partial charge in [-0.3, -0.25) is 19.2 Å². The van der Waals surface area contributed by atoms with Crippen LogP contribution in [0.3, 0.4) is 0 Å². The van der Waals surface area contributed by atoms with Crippen LogP contribution in [0.1, 0.15) is 64.5 Å². The summed E-state index contributed by atoms with van der Waals surface area (Å²) in [7, 11) is 0. The van der Waals surface area contributed by atoms with Crippen molar-refractivity contribution >= 4 is 60.7 Å². The first-order valence-corrected chi connectivity index (χ1v) is 16.1. The molecule has 1 saturated heterocycles. The third kappa shape index (κ3) is 3.54. The summed E-state index contributed by atoms with van der Waals surface area (Å²) in [6.45, 7) is 0. The molecule has 218 valence electrons. The van der Waals surface area contributed by atoms with Crippen molar-refractivity contribution in [1.29, 1.82) is 0 Å². The number of hydrogen-bond donors (Lipinski definition) is 0. The Kier molecular flexibility index (Phi) is 6.25. The van der Waals surface area contributed by atoms with Gasteiger partial charge in [-0.05, 0) is 47.5 Å². The molecular formula is C38H23Br2NO4. The number of hydrogen-bond acceptors (Lipinski definition) is 5. The second-order valence-corrected chi connectivity index (χ2v) is 13.5. The summed E-state index contributed by atoms with van der Waals surface area (Å²) < 4.78 is 1.60. The third-order valence-corrected chi connectivity index (χ3v) is 10.7. The number of carbonyl (C=O) groups excluding carboxylic acids is 4. The maximum atomic E-state index is 15.2. The molecule has 0 radical (unpaired) electrons. The van der Waals surface area contributed by atoms with Crippen LogP contribution in [0, 0.1) is 5.41 Å². The molecule has 0 N–H and O–H groups in total. The molecule has 1 heterocycles. The molecule has 2 spiro atoms. The van der Waals surface area contributed by atoms with Gasteiger partial charge in [-0.1, -0.05) is 123 Å². The van der Waals surface area contributed by atoms with E-state index in [-0.39, 0.29) is 11.1 Å². The molecule has 0 saturated carbocycles. The molecule has 0 bridgehead atoms. The van der Waals surface area contributed by atoms with Gasteiger partial charge in [0.15, 0.2) is 28.7 Å². The Morgan fingerprint density at radius 2 is 0.867 bits per heavy atom. The van der Waals surface area contributed by atoms with Gasteiger partial charge in [-0.25, -0.2) is 0 Å². The molecular weight excluding hydrogens is 694 g/mol. The van der Waals surface area contributed by atoms with Crippen LogP contribution in [-0.2, 0) is 0 Å². The van der Waals surface area contributed by atoms with Crippen LogP contribution in [-0.4, -0.2) is 28.7 Å². The normalized spacial score (nSPS) is 20.7. The van der Waals surface area contributed by atoms with Gasteiger partial charge in [-0.15, -0.1) is 0 Å². The lowest BCUT2D eigenvalue weighted by molar-refractivity contribution is 0.0619. The van der Waals surface area contributed by atoms with Crippen molar-refractivity contribution in [3.8, 4) is 0 Å². The molecule has 5 nitrogen and oxygen atoms in total. The number of Topliss-reactive ketones (excluding diaryl/α,β-unsaturated/α-hetero) is 4. The Balaban J connectivity index is 1.58. The number of ketones is 4. The molecule has 45 heavy (non-hydrogen) atoms. The Labute approximate surface area is 276 Å². The quantitative estimate of drug-likeness (QED) is 0.175. The summed E-state index contributed by atoms with van der Waals surface area (Å²) in [5.74, 6) is -2.78. The highest BCUT2D eigenvalue weighted by molar-refractivity contribution is 9.10. The van der Waals surface area contributed by atoms with E-state index in [0.29, 0.717) is 27.9 Å². The second kappa shape index (κ2) is 10.0. The van der Waals surface area contributed by atoms with Crippen LogP contribution in [0.15, 0.2) is 136 Å². The van der Waals surface area contributed by atoms with E-state index in [9.17, 15) is 0 Å². The summed E-state index contributed by atoms with van der Waals surface area (Å²) in [4.78, 5) is 62.7. The average molecular weight is 717 g/mol. The SMILES string of the molecule is O=C1c2ccccc2C(=O)C12[C@@H](c1ccc(Br)cc1)C1(C(=O)c3ccccc3C1=O)N(c1ccccc1)[C@@H]2c1ccc(Br)cc1. The van der Waals surface area contributed by atoms with Crippen LogP contribution in [0.4, 0.5) is 5.69 Å². The van der Waals surface area contributed by atoms with Crippen LogP contribution < -0.4 is 4.90 Å². The first kappa shape index (κ1) is 28.0. The van der Waals surface area contributed by atoms with E-state index in [0.717, 1.165) is 8.95 Å². The number of halogens is 2. The predicted molar refractivity (Wildman–Crippen MR) is 178 cm³/mol. The summed E-state index contributed by atoms with van der Waals surface area (Å²) >= 11 is 7.05. The van der Waals surface area contributed by atoms with E-state index in [2.05, 4.69) is 31.9 Å². The Bertz CT molecular complexity index is 2000. The Morgan fingerprint density at radius 3 is 1.33 bits per heavy atom. The summed E-state index contributed by atoms with van der Waals surface area (Å²) in [6.07, 6.45) is 0. The van der Waals surface area contributed by atoms with Crippen molar-refractivity contribution in [3.05, 3.63) is 170 Å². The minimum Gasteiger partial charge on any atom is -0.343 e. The maximum absolute atomic E-state index is 15.2. The van der Waals surface area contributed by atoms with Crippen molar-refractivity contribution in [2.24, 2.45) is 5.41 Å². The number of carbonyl (C=O) groups is 4. The van der Waals surface area contributed by atoms with Crippen LogP contribution >= 0.6 is 31.9 Å². The van der Waals surface area contributed by atoms with Crippen LogP contribution in [0.2, 0.25) is 0 Å². The molecule has 2 aliphatic carbocycles. The topological polar surface area (TPSA) is 71.5 Å². The highest BCUT2D eigenvalue weighted by Crippen LogP contribution is 2.69. The average Bonchev–Trinajstić information content (AvgIpc) is 3.57. The summed E-state index contributed by atoms with van der Waals surface area (Å²) in [5, 5.41) is 0. The second-order valence-electron chi connectivity index (χ2n) is 11.7. The lowest BCUT2D eigenvalue weighted by atomic mass is 9.60. The molecule has 5 aromatic carbocycles. The van der Waals surface area contributed by atoms with Crippen molar-refractivity contribution < 1.29 is 19.2 Å². The smallest absolute Gasteiger partial charge is 0.197 e. The molecule has 0 aromatic heterocycles. The molecule has 5 aromatic rings. The fourth-order valence-electron chi connectivity index (χ4n) is 8.00. The predicted octanol–water partition coefficient (Wildman–Crippen LogP) is 8.44. The third-order valence-electron chi connectivity index (χ3n) is 9.64. The lowest BCUT2D eigenvalue weighted by Crippen LogP contribution is -2.57. The van der Waals surface area contributed by atoms with Crippen LogP contribution in [0.5, 0.6) is 0 Å². The number of para-hydroxylation sites is 1. The zero-order valence-electron chi connectivity index (χ0n) is 23.6. The van der Waals surface area contributed by atoms with Gasteiger partial charge >= 0.3 is 0 Å². The molecule has 0 unspecified atom stereocenters. The monoisotopic (exact) mass is 715 g/mol. The van der Waals surface area contributed by atoms with Gasteiger partial charge in [-0.2, -0.15) is 0 Å². The van der Waals surface area contributed by atoms with Crippen molar-refractivity contribution in [2.75, 3.05) is 4.90 Å². The van der Waals surface area contributed by atoms with Gasteiger partial charge in [0.2, 0.25) is 0 Å². The van der Waals surface area contributed by atoms with Crippen molar-refractivity contribution in [3.63, 3.8) is 0 Å². The van der Waals surface area contributed by atoms with E-state index >= 15 is 19.2 Å². The highest BCUT2D eigenvalue weighted by Gasteiger charge is 2.80. The molecule has 3 aliphatic rings. The first-order chi connectivity index (χ1) is 21.8. The van der Waals surface area contributed by atoms with E-state index in [1.165, 1.54) is 0 Å². The van der Waals surface area contributed by atoms with E-state index in [1.54, 1.807) is 53.4 Å². The van der Waals surface area contributed by atoms with E-state index in [1.807, 2.05) is 78.9 Å². The number of fused-ring (bicyclic) bond motifs is 2.